The lowest BCUT2D eigenvalue weighted by molar-refractivity contribution is -0.138. The number of aromatic nitrogens is 8. The predicted octanol–water partition coefficient (Wildman–Crippen LogP) is 14.9. The number of carbonyl (C=O) groups excluding carboxylic acids is 8. The van der Waals surface area contributed by atoms with Crippen molar-refractivity contribution in [2.24, 2.45) is 0 Å². The zero-order valence-electron chi connectivity index (χ0n) is 77.0. The van der Waals surface area contributed by atoms with E-state index in [-0.39, 0.29) is 127 Å². The molecule has 32 nitrogen and oxygen atoms in total. The van der Waals surface area contributed by atoms with Crippen molar-refractivity contribution in [2.45, 2.75) is 147 Å². The first-order valence-corrected chi connectivity index (χ1v) is 45.3. The van der Waals surface area contributed by atoms with Crippen molar-refractivity contribution in [3.63, 3.8) is 0 Å². The van der Waals surface area contributed by atoms with Crippen LogP contribution in [0.1, 0.15) is 149 Å². The molecule has 4 aliphatic heterocycles. The number of aliphatic hydroxyl groups is 4. The molecule has 0 bridgehead atoms. The molecule has 12 aromatic rings. The monoisotopic (exact) mass is 1990 g/mol. The van der Waals surface area contributed by atoms with Crippen LogP contribution >= 0.6 is 12.4 Å². The summed E-state index contributed by atoms with van der Waals surface area (Å²) >= 11 is 0. The van der Waals surface area contributed by atoms with Crippen LogP contribution in [0.2, 0.25) is 0 Å². The van der Waals surface area contributed by atoms with Crippen molar-refractivity contribution in [1.29, 1.82) is 0 Å². The summed E-state index contributed by atoms with van der Waals surface area (Å²) in [5.74, 6) is -2.42. The van der Waals surface area contributed by atoms with Crippen molar-refractivity contribution in [3.8, 4) is 0 Å². The Kier molecular flexibility index (Phi) is 33.5. The Balaban J connectivity index is 0.000000158. The first-order chi connectivity index (χ1) is 66.8. The van der Waals surface area contributed by atoms with Gasteiger partial charge in [0.2, 0.25) is 41.5 Å². The number of anilines is 8. The quantitative estimate of drug-likeness (QED) is 0.0227. The van der Waals surface area contributed by atoms with Crippen LogP contribution in [0, 0.1) is 0 Å². The largest absolute Gasteiger partial charge is 0.416 e. The highest BCUT2D eigenvalue weighted by Crippen LogP contribution is 2.41. The van der Waals surface area contributed by atoms with Gasteiger partial charge in [0, 0.05) is 155 Å². The van der Waals surface area contributed by atoms with Gasteiger partial charge < -0.3 is 73.1 Å². The molecular formula is C97H104ClF11N18O14. The fourth-order valence-corrected chi connectivity index (χ4v) is 16.8. The van der Waals surface area contributed by atoms with Crippen LogP contribution in [0.3, 0.4) is 0 Å². The van der Waals surface area contributed by atoms with Gasteiger partial charge in [-0.1, -0.05) is 30.3 Å². The van der Waals surface area contributed by atoms with E-state index in [1.807, 2.05) is 52.0 Å². The maximum absolute atomic E-state index is 13.4. The molecule has 8 aromatic carbocycles. The number of benzene rings is 8. The number of aryl methyl sites for hydroxylation is 4. The number of hydrogen-bond donors (Lipinski definition) is 9. The van der Waals surface area contributed by atoms with E-state index in [9.17, 15) is 107 Å². The minimum Gasteiger partial charge on any atom is -0.396 e. The Hall–Kier alpha value is -13.4. The molecule has 8 heterocycles. The van der Waals surface area contributed by atoms with Gasteiger partial charge in [-0.3, -0.25) is 64.5 Å². The smallest absolute Gasteiger partial charge is 0.396 e. The third-order valence-corrected chi connectivity index (χ3v) is 24.1. The molecule has 4 saturated heterocycles. The molecule has 0 atom stereocenters. The van der Waals surface area contributed by atoms with Gasteiger partial charge in [-0.2, -0.15) is 39.5 Å². The molecule has 1 aliphatic carbocycles. The molecule has 44 heteroatoms. The number of carbonyl (C=O) groups is 8. The van der Waals surface area contributed by atoms with Gasteiger partial charge >= 0.3 is 18.5 Å². The Morgan fingerprint density at radius 2 is 0.787 bits per heavy atom. The molecule has 0 radical (unpaired) electrons. The van der Waals surface area contributed by atoms with Gasteiger partial charge in [0.05, 0.1) is 91.5 Å². The Morgan fingerprint density at radius 1 is 0.426 bits per heavy atom. The average Bonchev–Trinajstić information content (AvgIpc) is 1.55. The van der Waals surface area contributed by atoms with Crippen molar-refractivity contribution >= 4 is 150 Å². The topological polar surface area (TPSA) is 384 Å². The molecule has 0 unspecified atom stereocenters. The maximum Gasteiger partial charge on any atom is 0.416 e. The van der Waals surface area contributed by atoms with Gasteiger partial charge in [0.25, 0.3) is 36.0 Å². The zero-order valence-corrected chi connectivity index (χ0v) is 77.8. The van der Waals surface area contributed by atoms with E-state index in [4.69, 9.17) is 9.47 Å². The number of nitrogens with zero attached hydrogens (tertiary/aromatic N) is 13. The minimum absolute atomic E-state index is 0. The number of fused-ring (bicyclic) bond motifs is 4. The SMILES string of the molecule is CC1(C)C(=O)N(c2ccc3c(c2)nc(NC(=O)c2cccc(C(F)(F)F)c2)n3CCCO)CCN1C1CC1.CC1(C)NCCN(c2ccc3c(c2)nc(NC(=O)c2cccc(C(F)F)c2)n3CCCO)C1=O.Cl.O=C(Nc1nc2cc(N3CCCOCC3=O)ccc2n1CCCO)c1cccc(C(F)(F)F)c1.O=C(Nc1nc2cc(N3CCOCCC3=O)ccc2n1CCCO)c1cccc(C(F)(F)F)c1. The second-order valence-corrected chi connectivity index (χ2v) is 34.6. The van der Waals surface area contributed by atoms with Crippen LogP contribution in [0.25, 0.3) is 44.1 Å². The minimum atomic E-state index is -4.57. The fourth-order valence-electron chi connectivity index (χ4n) is 16.8. The highest BCUT2D eigenvalue weighted by molar-refractivity contribution is 6.09. The second kappa shape index (κ2) is 45.0. The summed E-state index contributed by atoms with van der Waals surface area (Å²) in [6.45, 7) is 13.2. The van der Waals surface area contributed by atoms with Crippen molar-refractivity contribution in [1.82, 2.24) is 48.4 Å². The van der Waals surface area contributed by atoms with E-state index in [2.05, 4.69) is 51.4 Å². The van der Waals surface area contributed by atoms with E-state index in [1.54, 1.807) is 86.4 Å². The van der Waals surface area contributed by atoms with Crippen LogP contribution in [0.5, 0.6) is 0 Å². The fraction of sp³-hybridized carbons (Fsp3) is 0.381. The van der Waals surface area contributed by atoms with Crippen LogP contribution in [-0.4, -0.2) is 220 Å². The summed E-state index contributed by atoms with van der Waals surface area (Å²) in [6.07, 6.45) is -11.6. The summed E-state index contributed by atoms with van der Waals surface area (Å²) < 4.78 is 161. The molecule has 141 heavy (non-hydrogen) atoms. The predicted molar refractivity (Wildman–Crippen MR) is 507 cm³/mol. The van der Waals surface area contributed by atoms with Gasteiger partial charge in [-0.15, -0.1) is 12.4 Å². The second-order valence-electron chi connectivity index (χ2n) is 34.6. The number of imidazole rings is 4. The molecule has 5 fully saturated rings. The lowest BCUT2D eigenvalue weighted by Crippen LogP contribution is -2.63. The molecule has 8 amide bonds. The Bertz CT molecular complexity index is 6390. The first kappa shape index (κ1) is 105. The van der Waals surface area contributed by atoms with E-state index < -0.39 is 76.4 Å². The average molecular weight is 1990 g/mol. The van der Waals surface area contributed by atoms with Crippen LogP contribution < -0.4 is 46.2 Å². The number of hydrogen-bond acceptors (Lipinski definition) is 20. The van der Waals surface area contributed by atoms with Crippen molar-refractivity contribution in [3.05, 3.63) is 214 Å². The summed E-state index contributed by atoms with van der Waals surface area (Å²) in [5, 5.41) is 51.0. The number of ether oxygens (including phenoxy) is 2. The van der Waals surface area contributed by atoms with Crippen molar-refractivity contribution in [2.75, 3.05) is 133 Å². The Labute approximate surface area is 806 Å². The Morgan fingerprint density at radius 3 is 1.16 bits per heavy atom. The van der Waals surface area contributed by atoms with E-state index >= 15 is 0 Å². The number of alkyl halides is 11. The highest BCUT2D eigenvalue weighted by Gasteiger charge is 2.48. The first-order valence-electron chi connectivity index (χ1n) is 45.3. The molecular weight excluding hydrogens is 1890 g/mol. The van der Waals surface area contributed by atoms with E-state index in [1.165, 1.54) is 54.6 Å². The van der Waals surface area contributed by atoms with Crippen LogP contribution in [-0.2, 0) is 73.4 Å². The van der Waals surface area contributed by atoms with Gasteiger partial charge in [0.15, 0.2) is 0 Å². The number of halogens is 12. The number of amides is 8. The van der Waals surface area contributed by atoms with Gasteiger partial charge in [-0.05, 0) is 212 Å². The molecule has 17 rings (SSSR count). The summed E-state index contributed by atoms with van der Waals surface area (Å²) in [7, 11) is 0. The number of nitrogens with one attached hydrogen (secondary N) is 5. The lowest BCUT2D eigenvalue weighted by atomic mass is 9.96. The standard InChI is InChI=1S/C27H30F3N5O3.C24H27F2N5O3.2C23H23F3N4O4.ClH/c1-26(2)24(38)33(12-13-35(26)19-7-8-19)20-9-10-22-21(16-20)31-25(34(22)11-4-14-36)32-23(37)17-5-3-6-18(15-17)27(28,29)30;1-24(2)22(34)30(11-9-27-24)17-7-8-19-18(14-17)28-23(31(19)10-4-12-32)29-21(33)16-6-3-5-15(13-16)20(25)26;24-23(25,26)16-5-1-4-15(12-16)21(33)28-22-27-18-13-17(29-9-3-11-34-14-20(29)32)6-7-19(18)30(22)8-2-10-31;24-23(25,26)16-4-1-3-15(13-16)21(33)28-22-27-18-14-17(29-9-12-34-11-7-20(29)32)5-6-19(18)30(22)8-2-10-31;/h3,5-6,9-10,15-16,19,36H,4,7-8,11-14H2,1-2H3,(H,31,32,37);3,5-8,13-14,20,27,32H,4,9-12H2,1-2H3,(H,28,29,33);1,4-7,12-13,31H,2-3,8-11,14H2,(H,27,28,33);1,3-6,13-14,31H,2,7-12H2,(H,27,28,33);1H. The van der Waals surface area contributed by atoms with E-state index in [0.29, 0.717) is 178 Å². The van der Waals surface area contributed by atoms with Crippen LogP contribution in [0.4, 0.5) is 94.8 Å². The third-order valence-electron chi connectivity index (χ3n) is 24.1. The molecule has 1 saturated carbocycles. The molecule has 5 aliphatic rings. The normalized spacial score (nSPS) is 15.9. The molecule has 9 N–H and O–H groups in total. The summed E-state index contributed by atoms with van der Waals surface area (Å²) in [4.78, 5) is 129. The number of rotatable bonds is 26. The molecule has 4 aromatic heterocycles. The van der Waals surface area contributed by atoms with Gasteiger partial charge in [-0.25, -0.2) is 28.7 Å². The maximum atomic E-state index is 13.4. The summed E-state index contributed by atoms with van der Waals surface area (Å²) in [5.41, 5.74) is 2.71. The molecule has 750 valence electrons. The van der Waals surface area contributed by atoms with Gasteiger partial charge in [0.1, 0.15) is 6.61 Å². The lowest BCUT2D eigenvalue weighted by Gasteiger charge is -2.46. The summed E-state index contributed by atoms with van der Waals surface area (Å²) in [6, 6.07) is 39.5. The van der Waals surface area contributed by atoms with Crippen molar-refractivity contribution < 1.29 is 117 Å². The number of piperazine rings is 2. The number of aliphatic hydroxyl groups excluding tert-OH is 4. The third kappa shape index (κ3) is 24.8. The zero-order chi connectivity index (χ0) is 100. The van der Waals surface area contributed by atoms with Crippen LogP contribution in [0.15, 0.2) is 170 Å². The molecule has 0 spiro atoms. The van der Waals surface area contributed by atoms with E-state index in [0.717, 1.165) is 67.4 Å². The highest BCUT2D eigenvalue weighted by atomic mass is 35.5.